The van der Waals surface area contributed by atoms with Gasteiger partial charge in [-0.3, -0.25) is 4.79 Å². The van der Waals surface area contributed by atoms with Crippen molar-refractivity contribution >= 4 is 22.3 Å². The van der Waals surface area contributed by atoms with E-state index in [0.29, 0.717) is 5.78 Å². The second kappa shape index (κ2) is 6.95. The maximum Gasteiger partial charge on any atom is 0.153 e. The zero-order chi connectivity index (χ0) is 19.1. The van der Waals surface area contributed by atoms with Crippen LogP contribution in [0.25, 0.3) is 16.5 Å². The van der Waals surface area contributed by atoms with Crippen molar-refractivity contribution in [3.8, 4) is 5.75 Å². The average molecular weight is 372 g/mol. The van der Waals surface area contributed by atoms with Gasteiger partial charge in [0.1, 0.15) is 5.75 Å². The number of hydrogen-bond acceptors (Lipinski definition) is 3. The number of ketones is 1. The Bertz CT molecular complexity index is 1060. The van der Waals surface area contributed by atoms with Gasteiger partial charge in [-0.2, -0.15) is 0 Å². The number of carbonyl (C=O) groups is 1. The van der Waals surface area contributed by atoms with E-state index in [1.807, 2.05) is 30.3 Å². The molecular formula is C24H24N2O2. The fourth-order valence-electron chi connectivity index (χ4n) is 4.72. The summed E-state index contributed by atoms with van der Waals surface area (Å²) >= 11 is 0. The summed E-state index contributed by atoms with van der Waals surface area (Å²) in [7, 11) is 0. The van der Waals surface area contributed by atoms with Gasteiger partial charge in [0.25, 0.3) is 0 Å². The number of nitrogens with one attached hydrogen (secondary N) is 2. The normalized spacial score (nSPS) is 21.9. The highest BCUT2D eigenvalue weighted by atomic mass is 16.3. The molecule has 2 aliphatic rings. The number of aryl methyl sites for hydroxylation is 1. The van der Waals surface area contributed by atoms with Crippen molar-refractivity contribution in [2.24, 2.45) is 5.92 Å². The van der Waals surface area contributed by atoms with E-state index in [4.69, 9.17) is 0 Å². The Morgan fingerprint density at radius 1 is 1.07 bits per heavy atom. The Kier molecular flexibility index (Phi) is 4.29. The Morgan fingerprint density at radius 2 is 1.93 bits per heavy atom. The molecule has 1 aliphatic carbocycles. The van der Waals surface area contributed by atoms with Gasteiger partial charge in [-0.05, 0) is 60.6 Å². The Hall–Kier alpha value is -2.85. The minimum absolute atomic E-state index is 0.0291. The van der Waals surface area contributed by atoms with Crippen molar-refractivity contribution in [3.63, 3.8) is 0 Å². The van der Waals surface area contributed by atoms with E-state index in [1.165, 1.54) is 22.4 Å². The molecule has 0 saturated heterocycles. The number of carbonyl (C=O) groups excluding carboxylic acids is 1. The number of H-pyrrole nitrogens is 1. The Balaban J connectivity index is 1.36. The molecule has 1 aliphatic heterocycles. The molecular weight excluding hydrogens is 348 g/mol. The third kappa shape index (κ3) is 3.04. The lowest BCUT2D eigenvalue weighted by atomic mass is 9.79. The van der Waals surface area contributed by atoms with E-state index in [9.17, 15) is 9.90 Å². The quantitative estimate of drug-likeness (QED) is 0.651. The minimum Gasteiger partial charge on any atom is -0.508 e. The molecule has 0 spiro atoms. The number of rotatable bonds is 3. The van der Waals surface area contributed by atoms with Crippen molar-refractivity contribution in [2.45, 2.75) is 31.7 Å². The van der Waals surface area contributed by atoms with Crippen molar-refractivity contribution in [1.29, 1.82) is 0 Å². The van der Waals surface area contributed by atoms with Gasteiger partial charge in [0.05, 0.1) is 6.04 Å². The maximum absolute atomic E-state index is 13.3. The van der Waals surface area contributed by atoms with Crippen molar-refractivity contribution in [2.75, 3.05) is 6.54 Å². The van der Waals surface area contributed by atoms with Crippen LogP contribution < -0.4 is 5.32 Å². The third-order valence-electron chi connectivity index (χ3n) is 6.20. The highest BCUT2D eigenvalue weighted by Crippen LogP contribution is 2.35. The number of aromatic amines is 1. The van der Waals surface area contributed by atoms with E-state index in [1.54, 1.807) is 6.07 Å². The molecule has 2 unspecified atom stereocenters. The average Bonchev–Trinajstić information content (AvgIpc) is 3.11. The van der Waals surface area contributed by atoms with Crippen molar-refractivity contribution in [3.05, 3.63) is 71.4 Å². The number of aromatic nitrogens is 1. The highest BCUT2D eigenvalue weighted by Gasteiger charge is 2.33. The Labute approximate surface area is 164 Å². The van der Waals surface area contributed by atoms with Gasteiger partial charge in [-0.15, -0.1) is 0 Å². The van der Waals surface area contributed by atoms with Gasteiger partial charge in [-0.25, -0.2) is 0 Å². The molecule has 5 rings (SSSR count). The number of phenols is 1. The van der Waals surface area contributed by atoms with Crippen LogP contribution >= 0.6 is 0 Å². The molecule has 1 aromatic heterocycles. The summed E-state index contributed by atoms with van der Waals surface area (Å²) in [5.74, 6) is 0.623. The molecule has 0 saturated carbocycles. The highest BCUT2D eigenvalue weighted by molar-refractivity contribution is 5.91. The van der Waals surface area contributed by atoms with E-state index in [-0.39, 0.29) is 17.7 Å². The van der Waals surface area contributed by atoms with Crippen LogP contribution in [-0.4, -0.2) is 28.5 Å². The fourth-order valence-corrected chi connectivity index (χ4v) is 4.72. The fraction of sp³-hybridized carbons (Fsp3) is 0.292. The summed E-state index contributed by atoms with van der Waals surface area (Å²) in [4.78, 5) is 16.8. The summed E-state index contributed by atoms with van der Waals surface area (Å²) in [5.41, 5.74) is 5.92. The monoisotopic (exact) mass is 372 g/mol. The number of Topliss-reactive ketones (excluding diaryl/α,β-unsaturated/α-hetero) is 1. The molecule has 0 bridgehead atoms. The SMILES string of the molecule is O=C(C1CCc2[nH]c3ccc(O)cc3c2C1)C1CC(c2ccccc2)=CCN1. The standard InChI is InChI=1S/C24H24N2O2/c27-18-7-9-22-20(14-18)19-12-17(6-8-21(19)26-22)24(28)23-13-16(10-11-25-23)15-4-2-1-3-5-15/h1-5,7,9-10,14,17,23,25-27H,6,8,11-13H2. The zero-order valence-corrected chi connectivity index (χ0v) is 15.7. The molecule has 2 aromatic carbocycles. The lowest BCUT2D eigenvalue weighted by Gasteiger charge is -2.29. The first-order chi connectivity index (χ1) is 13.7. The largest absolute Gasteiger partial charge is 0.508 e. The predicted octanol–water partition coefficient (Wildman–Crippen LogP) is 3.99. The van der Waals surface area contributed by atoms with Gasteiger partial charge in [0.2, 0.25) is 0 Å². The summed E-state index contributed by atoms with van der Waals surface area (Å²) in [5, 5.41) is 14.3. The first-order valence-corrected chi connectivity index (χ1v) is 10.0. The summed E-state index contributed by atoms with van der Waals surface area (Å²) < 4.78 is 0. The van der Waals surface area contributed by atoms with Gasteiger partial charge in [0, 0.05) is 29.1 Å². The smallest absolute Gasteiger partial charge is 0.153 e. The van der Waals surface area contributed by atoms with Crippen molar-refractivity contribution < 1.29 is 9.90 Å². The maximum atomic E-state index is 13.3. The molecule has 2 atom stereocenters. The zero-order valence-electron chi connectivity index (χ0n) is 15.7. The molecule has 2 heterocycles. The van der Waals surface area contributed by atoms with Crippen molar-refractivity contribution in [1.82, 2.24) is 10.3 Å². The van der Waals surface area contributed by atoms with E-state index in [0.717, 1.165) is 43.1 Å². The lowest BCUT2D eigenvalue weighted by Crippen LogP contribution is -2.43. The number of phenolic OH excluding ortho intramolecular Hbond substituents is 1. The molecule has 0 radical (unpaired) electrons. The van der Waals surface area contributed by atoms with Gasteiger partial charge in [-0.1, -0.05) is 36.4 Å². The van der Waals surface area contributed by atoms with E-state index >= 15 is 0 Å². The van der Waals surface area contributed by atoms with Crippen LogP contribution in [0.5, 0.6) is 5.75 Å². The molecule has 142 valence electrons. The lowest BCUT2D eigenvalue weighted by molar-refractivity contribution is -0.125. The topological polar surface area (TPSA) is 65.1 Å². The van der Waals surface area contributed by atoms with E-state index in [2.05, 4.69) is 28.5 Å². The van der Waals surface area contributed by atoms with Gasteiger partial charge >= 0.3 is 0 Å². The molecule has 0 amide bonds. The molecule has 0 fully saturated rings. The second-order valence-corrected chi connectivity index (χ2v) is 7.91. The van der Waals surface area contributed by atoms with Crippen LogP contribution in [0.4, 0.5) is 0 Å². The summed E-state index contributed by atoms with van der Waals surface area (Å²) in [6.07, 6.45) is 5.46. The first kappa shape index (κ1) is 17.3. The van der Waals surface area contributed by atoms with Crippen LogP contribution in [0.1, 0.15) is 29.7 Å². The summed E-state index contributed by atoms with van der Waals surface area (Å²) in [6.45, 7) is 0.736. The Morgan fingerprint density at radius 3 is 2.79 bits per heavy atom. The second-order valence-electron chi connectivity index (χ2n) is 7.91. The number of benzene rings is 2. The molecule has 3 N–H and O–H groups in total. The van der Waals surface area contributed by atoms with Crippen LogP contribution in [-0.2, 0) is 17.6 Å². The predicted molar refractivity (Wildman–Crippen MR) is 111 cm³/mol. The third-order valence-corrected chi connectivity index (χ3v) is 6.20. The number of fused-ring (bicyclic) bond motifs is 3. The van der Waals surface area contributed by atoms with Gasteiger partial charge < -0.3 is 15.4 Å². The van der Waals surface area contributed by atoms with Crippen LogP contribution in [0.3, 0.4) is 0 Å². The number of aromatic hydroxyl groups is 1. The van der Waals surface area contributed by atoms with Crippen LogP contribution in [0.15, 0.2) is 54.6 Å². The minimum atomic E-state index is -0.120. The summed E-state index contributed by atoms with van der Waals surface area (Å²) in [6, 6.07) is 15.7. The first-order valence-electron chi connectivity index (χ1n) is 10.0. The van der Waals surface area contributed by atoms with Crippen LogP contribution in [0.2, 0.25) is 0 Å². The van der Waals surface area contributed by atoms with E-state index < -0.39 is 0 Å². The number of hydrogen-bond donors (Lipinski definition) is 3. The molecule has 4 heteroatoms. The van der Waals surface area contributed by atoms with Crippen LogP contribution in [0, 0.1) is 5.92 Å². The molecule has 28 heavy (non-hydrogen) atoms. The molecule has 3 aromatic rings. The molecule has 4 nitrogen and oxygen atoms in total. The van der Waals surface area contributed by atoms with Gasteiger partial charge in [0.15, 0.2) is 5.78 Å².